The minimum absolute atomic E-state index is 0.0127. The second-order valence-corrected chi connectivity index (χ2v) is 5.03. The van der Waals surface area contributed by atoms with Crippen molar-refractivity contribution in [3.63, 3.8) is 0 Å². The van der Waals surface area contributed by atoms with Gasteiger partial charge in [0, 0.05) is 25.3 Å². The van der Waals surface area contributed by atoms with Crippen LogP contribution in [0.4, 0.5) is 8.78 Å². The van der Waals surface area contributed by atoms with E-state index in [-0.39, 0.29) is 22.5 Å². The number of halogens is 3. The summed E-state index contributed by atoms with van der Waals surface area (Å²) in [5.41, 5.74) is 5.86. The van der Waals surface area contributed by atoms with Gasteiger partial charge in [0.25, 0.3) is 0 Å². The Morgan fingerprint density at radius 2 is 2.00 bits per heavy atom. The molecule has 0 aliphatic rings. The molecular weight excluding hydrogens is 320 g/mol. The van der Waals surface area contributed by atoms with Gasteiger partial charge < -0.3 is 15.2 Å². The van der Waals surface area contributed by atoms with Gasteiger partial charge in [0.05, 0.1) is 17.7 Å². The van der Waals surface area contributed by atoms with Gasteiger partial charge in [0.15, 0.2) is 0 Å². The Balaban J connectivity index is 2.44. The fourth-order valence-corrected chi connectivity index (χ4v) is 1.97. The van der Waals surface area contributed by atoms with E-state index in [4.69, 9.17) is 15.2 Å². The topological polar surface area (TPSA) is 44.5 Å². The lowest BCUT2D eigenvalue weighted by Crippen LogP contribution is -2.26. The molecule has 2 N–H and O–H groups in total. The quantitative estimate of drug-likeness (QED) is 0.585. The van der Waals surface area contributed by atoms with Gasteiger partial charge >= 0.3 is 0 Å². The molecule has 19 heavy (non-hydrogen) atoms. The number of nitrogens with two attached hydrogens (primary N) is 1. The van der Waals surface area contributed by atoms with Gasteiger partial charge in [0.1, 0.15) is 11.6 Å². The maximum Gasteiger partial charge on any atom is 0.143 e. The molecule has 0 saturated carbocycles. The standard InChI is InChI=1S/C13H18BrF2NO2/c1-18-6-7-19-5-4-9(17)8-10-12(15)3-2-11(14)13(10)16/h2-3,9H,4-8,17H2,1H3. The van der Waals surface area contributed by atoms with E-state index in [2.05, 4.69) is 15.9 Å². The van der Waals surface area contributed by atoms with Gasteiger partial charge in [-0.25, -0.2) is 8.78 Å². The number of hydrogen-bond donors (Lipinski definition) is 1. The van der Waals surface area contributed by atoms with E-state index in [1.165, 1.54) is 12.1 Å². The number of hydrogen-bond acceptors (Lipinski definition) is 3. The van der Waals surface area contributed by atoms with Crippen molar-refractivity contribution in [2.45, 2.75) is 18.9 Å². The van der Waals surface area contributed by atoms with Crippen molar-refractivity contribution in [3.8, 4) is 0 Å². The molecular formula is C13H18BrF2NO2. The van der Waals surface area contributed by atoms with Crippen molar-refractivity contribution in [1.82, 2.24) is 0 Å². The third-order valence-corrected chi connectivity index (χ3v) is 3.28. The average Bonchev–Trinajstić information content (AvgIpc) is 2.39. The predicted molar refractivity (Wildman–Crippen MR) is 73.0 cm³/mol. The molecule has 0 fully saturated rings. The summed E-state index contributed by atoms with van der Waals surface area (Å²) in [6, 6.07) is 2.22. The van der Waals surface area contributed by atoms with E-state index in [0.29, 0.717) is 26.2 Å². The van der Waals surface area contributed by atoms with Crippen molar-refractivity contribution in [1.29, 1.82) is 0 Å². The monoisotopic (exact) mass is 337 g/mol. The van der Waals surface area contributed by atoms with Crippen molar-refractivity contribution in [2.24, 2.45) is 5.73 Å². The van der Waals surface area contributed by atoms with Crippen LogP contribution in [0.1, 0.15) is 12.0 Å². The molecule has 0 spiro atoms. The first-order chi connectivity index (χ1) is 9.06. The van der Waals surface area contributed by atoms with Crippen molar-refractivity contribution in [3.05, 3.63) is 33.8 Å². The summed E-state index contributed by atoms with van der Waals surface area (Å²) in [7, 11) is 1.59. The second-order valence-electron chi connectivity index (χ2n) is 4.18. The molecule has 0 radical (unpaired) electrons. The van der Waals surface area contributed by atoms with Crippen molar-refractivity contribution >= 4 is 15.9 Å². The van der Waals surface area contributed by atoms with Gasteiger partial charge in [-0.2, -0.15) is 0 Å². The molecule has 1 aromatic rings. The Morgan fingerprint density at radius 3 is 2.68 bits per heavy atom. The molecule has 3 nitrogen and oxygen atoms in total. The number of benzene rings is 1. The van der Waals surface area contributed by atoms with Gasteiger partial charge in [-0.3, -0.25) is 0 Å². The Labute approximate surface area is 120 Å². The highest BCUT2D eigenvalue weighted by Crippen LogP contribution is 2.22. The SMILES string of the molecule is COCCOCCC(N)Cc1c(F)ccc(Br)c1F. The Hall–Kier alpha value is -0.560. The maximum absolute atomic E-state index is 13.7. The largest absolute Gasteiger partial charge is 0.382 e. The Kier molecular flexibility index (Phi) is 7.45. The summed E-state index contributed by atoms with van der Waals surface area (Å²) in [6.45, 7) is 1.45. The molecule has 1 atom stereocenters. The highest BCUT2D eigenvalue weighted by Gasteiger charge is 2.15. The molecule has 0 aliphatic heterocycles. The summed E-state index contributed by atoms with van der Waals surface area (Å²) in [6.07, 6.45) is 0.680. The molecule has 0 aromatic heterocycles. The molecule has 0 amide bonds. The molecule has 0 aliphatic carbocycles. The van der Waals surface area contributed by atoms with Gasteiger partial charge in [-0.1, -0.05) is 0 Å². The minimum atomic E-state index is -0.587. The first-order valence-corrected chi connectivity index (χ1v) is 6.80. The zero-order valence-corrected chi connectivity index (χ0v) is 12.4. The van der Waals surface area contributed by atoms with Gasteiger partial charge in [0.2, 0.25) is 0 Å². The fraction of sp³-hybridized carbons (Fsp3) is 0.538. The summed E-state index contributed by atoms with van der Waals surface area (Å²) in [4.78, 5) is 0. The zero-order valence-electron chi connectivity index (χ0n) is 10.8. The van der Waals surface area contributed by atoms with E-state index in [0.717, 1.165) is 0 Å². The van der Waals surface area contributed by atoms with E-state index in [9.17, 15) is 8.78 Å². The van der Waals surface area contributed by atoms with Crippen LogP contribution in [0, 0.1) is 11.6 Å². The van der Waals surface area contributed by atoms with Crippen LogP contribution in [0.5, 0.6) is 0 Å². The van der Waals surface area contributed by atoms with Crippen LogP contribution < -0.4 is 5.73 Å². The Morgan fingerprint density at radius 1 is 1.26 bits per heavy atom. The lowest BCUT2D eigenvalue weighted by atomic mass is 10.0. The first kappa shape index (κ1) is 16.5. The van der Waals surface area contributed by atoms with Crippen molar-refractivity contribution in [2.75, 3.05) is 26.9 Å². The van der Waals surface area contributed by atoms with Crippen LogP contribution in [0.25, 0.3) is 0 Å². The normalized spacial score (nSPS) is 12.7. The third kappa shape index (κ3) is 5.52. The van der Waals surface area contributed by atoms with Crippen LogP contribution in [0.3, 0.4) is 0 Å². The van der Waals surface area contributed by atoms with Gasteiger partial charge in [-0.05, 0) is 40.9 Å². The smallest absolute Gasteiger partial charge is 0.143 e. The highest BCUT2D eigenvalue weighted by molar-refractivity contribution is 9.10. The number of ether oxygens (including phenoxy) is 2. The lowest BCUT2D eigenvalue weighted by Gasteiger charge is -2.13. The van der Waals surface area contributed by atoms with Crippen LogP contribution in [0.2, 0.25) is 0 Å². The van der Waals surface area contributed by atoms with Crippen molar-refractivity contribution < 1.29 is 18.3 Å². The summed E-state index contributed by atoms with van der Waals surface area (Å²) >= 11 is 3.03. The predicted octanol–water partition coefficient (Wildman–Crippen LogP) is 2.65. The van der Waals surface area contributed by atoms with Crippen LogP contribution >= 0.6 is 15.9 Å². The molecule has 0 heterocycles. The molecule has 1 unspecified atom stereocenters. The lowest BCUT2D eigenvalue weighted by molar-refractivity contribution is 0.0672. The minimum Gasteiger partial charge on any atom is -0.382 e. The molecule has 6 heteroatoms. The van der Waals surface area contributed by atoms with E-state index >= 15 is 0 Å². The first-order valence-electron chi connectivity index (χ1n) is 6.01. The van der Waals surface area contributed by atoms with E-state index < -0.39 is 11.6 Å². The van der Waals surface area contributed by atoms with Gasteiger partial charge in [-0.15, -0.1) is 0 Å². The van der Waals surface area contributed by atoms with Crippen LogP contribution in [-0.2, 0) is 15.9 Å². The second kappa shape index (κ2) is 8.58. The van der Waals surface area contributed by atoms with E-state index in [1.807, 2.05) is 0 Å². The third-order valence-electron chi connectivity index (χ3n) is 2.67. The van der Waals surface area contributed by atoms with Crippen LogP contribution in [-0.4, -0.2) is 33.0 Å². The molecule has 0 saturated heterocycles. The Bertz CT molecular complexity index is 404. The highest BCUT2D eigenvalue weighted by atomic mass is 79.9. The summed E-state index contributed by atoms with van der Waals surface area (Å²) in [5, 5.41) is 0. The number of methoxy groups -OCH3 is 1. The molecule has 1 rings (SSSR count). The molecule has 1 aromatic carbocycles. The molecule has 108 valence electrons. The maximum atomic E-state index is 13.7. The number of rotatable bonds is 8. The average molecular weight is 338 g/mol. The van der Waals surface area contributed by atoms with Crippen LogP contribution in [0.15, 0.2) is 16.6 Å². The zero-order chi connectivity index (χ0) is 14.3. The van der Waals surface area contributed by atoms with E-state index in [1.54, 1.807) is 7.11 Å². The fourth-order valence-electron chi connectivity index (χ4n) is 1.60. The molecule has 0 bridgehead atoms. The summed E-state index contributed by atoms with van der Waals surface area (Å²) in [5.74, 6) is -1.16. The summed E-state index contributed by atoms with van der Waals surface area (Å²) < 4.78 is 37.6.